The standard InChI is InChI=1S/C15H14NS.3C14H16N4.8C2H6/c1-11-5-3-4-6-13(11)14-15-12(8-10-17-15)7-9-16(14)2;1-10-6-4-5-7-12(10)18-11(2)17(3)14-13(18)8-15-9-16-14;1-10-6-4-5-7-12(10)18-11(2)17(3)13-8-15-9-16-14(13)18;1-10-6-4-5-7-12(10)18-11(2)17(3)13-14(18)16-9-8-15-13;8*1-2/h3-10H,1-2H3;3*4-9,11H,1-3H3;8*1-2H3/q+1;;;;;;;;;;;/t;3*11-;;;;;;;;/m.000......../s1. The molecule has 0 amide bonds. The summed E-state index contributed by atoms with van der Waals surface area (Å²) in [5, 5.41) is 3.48. The third-order valence-corrected chi connectivity index (χ3v) is 14.8. The molecule has 12 rings (SSSR count). The van der Waals surface area contributed by atoms with Crippen molar-refractivity contribution in [2.75, 3.05) is 50.5 Å². The zero-order valence-electron chi connectivity index (χ0n) is 58.5. The number of anilines is 9. The topological polar surface area (TPSA) is 101 Å². The van der Waals surface area contributed by atoms with Crippen LogP contribution in [0.15, 0.2) is 158 Å². The van der Waals surface area contributed by atoms with Gasteiger partial charge in [0, 0.05) is 62.1 Å². The number of rotatable bonds is 4. The van der Waals surface area contributed by atoms with Gasteiger partial charge in [-0.1, -0.05) is 184 Å². The first kappa shape index (κ1) is 77.0. The summed E-state index contributed by atoms with van der Waals surface area (Å²) in [4.78, 5) is 39.2. The molecule has 14 heteroatoms. The molecule has 472 valence electrons. The number of thiophene rings is 1. The van der Waals surface area contributed by atoms with Gasteiger partial charge in [-0.2, -0.15) is 4.57 Å². The number of para-hydroxylation sites is 3. The van der Waals surface area contributed by atoms with E-state index in [1.807, 2.05) is 135 Å². The first-order valence-corrected chi connectivity index (χ1v) is 32.8. The van der Waals surface area contributed by atoms with Gasteiger partial charge in [-0.25, -0.2) is 29.9 Å². The molecule has 0 radical (unpaired) electrons. The predicted molar refractivity (Wildman–Crippen MR) is 384 cm³/mol. The number of fused-ring (bicyclic) bond motifs is 4. The largest absolute Gasteiger partial charge is 0.350 e. The molecule has 0 aliphatic carbocycles. The molecule has 0 bridgehead atoms. The van der Waals surface area contributed by atoms with E-state index in [1.54, 1.807) is 25.0 Å². The molecule has 0 N–H and O–H groups in total. The van der Waals surface area contributed by atoms with Gasteiger partial charge in [-0.15, -0.1) is 11.3 Å². The molecule has 5 aromatic heterocycles. The van der Waals surface area contributed by atoms with E-state index in [-0.39, 0.29) is 18.5 Å². The number of nitrogens with zero attached hydrogens (tertiary/aromatic N) is 13. The van der Waals surface area contributed by atoms with Crippen LogP contribution < -0.4 is 34.0 Å². The van der Waals surface area contributed by atoms with Crippen LogP contribution in [0.5, 0.6) is 0 Å². The van der Waals surface area contributed by atoms with Crippen LogP contribution in [-0.4, -0.2) is 69.5 Å². The van der Waals surface area contributed by atoms with Gasteiger partial charge in [0.2, 0.25) is 5.69 Å². The highest BCUT2D eigenvalue weighted by Gasteiger charge is 2.36. The van der Waals surface area contributed by atoms with Crippen molar-refractivity contribution >= 4 is 73.1 Å². The van der Waals surface area contributed by atoms with Crippen molar-refractivity contribution in [1.29, 1.82) is 0 Å². The quantitative estimate of drug-likeness (QED) is 0.157. The van der Waals surface area contributed by atoms with Gasteiger partial charge < -0.3 is 29.4 Å². The Kier molecular flexibility index (Phi) is 36.5. The van der Waals surface area contributed by atoms with E-state index < -0.39 is 0 Å². The van der Waals surface area contributed by atoms with Crippen molar-refractivity contribution in [3.8, 4) is 11.3 Å². The van der Waals surface area contributed by atoms with Gasteiger partial charge >= 0.3 is 0 Å². The fourth-order valence-corrected chi connectivity index (χ4v) is 10.6. The second-order valence-electron chi connectivity index (χ2n) is 18.2. The summed E-state index contributed by atoms with van der Waals surface area (Å²) in [6, 6.07) is 38.1. The molecule has 8 heterocycles. The molecule has 3 aliphatic heterocycles. The monoisotopic (exact) mass is 1200 g/mol. The average Bonchev–Trinajstić information content (AvgIpc) is 1.91. The fourth-order valence-electron chi connectivity index (χ4n) is 9.56. The third-order valence-electron chi connectivity index (χ3n) is 13.8. The molecule has 13 nitrogen and oxygen atoms in total. The zero-order chi connectivity index (χ0) is 65.9. The lowest BCUT2D eigenvalue weighted by Crippen LogP contribution is -2.36. The van der Waals surface area contributed by atoms with Gasteiger partial charge in [0.1, 0.15) is 54.3 Å². The Hall–Kier alpha value is -7.97. The van der Waals surface area contributed by atoms with Crippen LogP contribution in [-0.2, 0) is 7.05 Å². The molecule has 3 aliphatic rings. The lowest BCUT2D eigenvalue weighted by Gasteiger charge is -2.28. The molecule has 0 unspecified atom stereocenters. The summed E-state index contributed by atoms with van der Waals surface area (Å²) in [6.07, 6.45) is 13.3. The zero-order valence-corrected chi connectivity index (χ0v) is 59.3. The highest BCUT2D eigenvalue weighted by atomic mass is 32.1. The minimum atomic E-state index is 0.225. The highest BCUT2D eigenvalue weighted by Crippen LogP contribution is 2.44. The second-order valence-corrected chi connectivity index (χ2v) is 19.1. The maximum atomic E-state index is 4.48. The van der Waals surface area contributed by atoms with E-state index in [0.717, 1.165) is 34.6 Å². The summed E-state index contributed by atoms with van der Waals surface area (Å²) in [5.74, 6) is 3.84. The van der Waals surface area contributed by atoms with E-state index >= 15 is 0 Å². The van der Waals surface area contributed by atoms with Crippen molar-refractivity contribution in [3.05, 3.63) is 180 Å². The number of aromatic nitrogens is 7. The normalized spacial score (nSPS) is 13.9. The first-order valence-electron chi connectivity index (χ1n) is 31.9. The molecular formula is C73H110N13S+. The summed E-state index contributed by atoms with van der Waals surface area (Å²) >= 11 is 1.81. The van der Waals surface area contributed by atoms with Crippen molar-refractivity contribution in [2.45, 2.75) is 178 Å². The molecule has 87 heavy (non-hydrogen) atoms. The number of pyridine rings is 1. The lowest BCUT2D eigenvalue weighted by molar-refractivity contribution is -0.659. The Morgan fingerprint density at radius 1 is 0.391 bits per heavy atom. The Morgan fingerprint density at radius 2 is 0.782 bits per heavy atom. The van der Waals surface area contributed by atoms with E-state index in [0.29, 0.717) is 0 Å². The second kappa shape index (κ2) is 41.2. The van der Waals surface area contributed by atoms with E-state index in [1.165, 1.54) is 60.7 Å². The van der Waals surface area contributed by atoms with Crippen LogP contribution >= 0.6 is 11.3 Å². The van der Waals surface area contributed by atoms with Crippen LogP contribution in [0.2, 0.25) is 0 Å². The Labute approximate surface area is 531 Å². The van der Waals surface area contributed by atoms with Crippen LogP contribution in [0.4, 0.5) is 51.7 Å². The van der Waals surface area contributed by atoms with Crippen molar-refractivity contribution < 1.29 is 4.57 Å². The first-order chi connectivity index (χ1) is 42.4. The number of hydrogen-bond acceptors (Lipinski definition) is 13. The SMILES string of the molecule is CC.CC.CC.CC.CC.CC.CC.CC.Cc1ccccc1-c1c2sccc2cc[n+]1C.Cc1ccccc1N1c2cncnc2N(C)[C@@H]1C.Cc1ccccc1N1c2nccnc2N(C)[C@@H]1C.Cc1ccccc1N1c2ncncc2N(C)[C@@H]1C. The van der Waals surface area contributed by atoms with Crippen LogP contribution in [0.3, 0.4) is 0 Å². The van der Waals surface area contributed by atoms with Crippen molar-refractivity contribution in [2.24, 2.45) is 7.05 Å². The van der Waals surface area contributed by atoms with Crippen molar-refractivity contribution in [1.82, 2.24) is 29.9 Å². The molecule has 0 saturated carbocycles. The predicted octanol–water partition coefficient (Wildman–Crippen LogP) is 20.1. The number of hydrogen-bond donors (Lipinski definition) is 0. The Bertz CT molecular complexity index is 3060. The summed E-state index contributed by atoms with van der Waals surface area (Å²) in [5.41, 5.74) is 13.5. The lowest BCUT2D eigenvalue weighted by atomic mass is 10.0. The molecular weight excluding hydrogens is 1090 g/mol. The van der Waals surface area contributed by atoms with E-state index in [2.05, 4.69) is 261 Å². The van der Waals surface area contributed by atoms with Gasteiger partial charge in [0.15, 0.2) is 29.5 Å². The molecule has 9 aromatic rings. The molecule has 0 spiro atoms. The van der Waals surface area contributed by atoms with Gasteiger partial charge in [-0.05, 0) is 106 Å². The fraction of sp³-hybridized carbons (Fsp3) is 0.411. The van der Waals surface area contributed by atoms with Gasteiger partial charge in [-0.3, -0.25) is 0 Å². The van der Waals surface area contributed by atoms with E-state index in [9.17, 15) is 0 Å². The van der Waals surface area contributed by atoms with Crippen LogP contribution in [0, 0.1) is 27.7 Å². The average molecular weight is 1200 g/mol. The maximum Gasteiger partial charge on any atom is 0.230 e. The Morgan fingerprint density at radius 3 is 1.28 bits per heavy atom. The van der Waals surface area contributed by atoms with E-state index in [4.69, 9.17) is 0 Å². The summed E-state index contributed by atoms with van der Waals surface area (Å²) in [7, 11) is 8.30. The minimum absolute atomic E-state index is 0.225. The van der Waals surface area contributed by atoms with Gasteiger partial charge in [0.05, 0.1) is 18.0 Å². The maximum absolute atomic E-state index is 4.48. The number of aryl methyl sites for hydroxylation is 5. The molecule has 0 fully saturated rings. The smallest absolute Gasteiger partial charge is 0.230 e. The van der Waals surface area contributed by atoms with Crippen LogP contribution in [0.1, 0.15) is 154 Å². The van der Waals surface area contributed by atoms with Crippen LogP contribution in [0.25, 0.3) is 21.3 Å². The third kappa shape index (κ3) is 18.5. The summed E-state index contributed by atoms with van der Waals surface area (Å²) in [6.45, 7) is 47.1. The Balaban J connectivity index is 0.000000537. The number of benzene rings is 4. The van der Waals surface area contributed by atoms with Gasteiger partial charge in [0.25, 0.3) is 0 Å². The highest BCUT2D eigenvalue weighted by molar-refractivity contribution is 7.17. The summed E-state index contributed by atoms with van der Waals surface area (Å²) < 4.78 is 3.57. The molecule has 3 atom stereocenters. The molecule has 4 aromatic carbocycles. The molecule has 0 saturated heterocycles. The minimum Gasteiger partial charge on any atom is -0.350 e. The van der Waals surface area contributed by atoms with Crippen molar-refractivity contribution in [3.63, 3.8) is 0 Å².